The van der Waals surface area contributed by atoms with Crippen LogP contribution in [0, 0.1) is 17.0 Å². The third-order valence-corrected chi connectivity index (χ3v) is 3.36. The van der Waals surface area contributed by atoms with Gasteiger partial charge in [0.2, 0.25) is 0 Å². The van der Waals surface area contributed by atoms with E-state index >= 15 is 0 Å². The molecule has 0 saturated carbocycles. The van der Waals surface area contributed by atoms with Gasteiger partial charge in [-0.15, -0.1) is 0 Å². The topological polar surface area (TPSA) is 21.3 Å². The largest absolute Gasteiger partial charge is 0.376 e. The van der Waals surface area contributed by atoms with E-state index < -0.39 is 11.6 Å². The van der Waals surface area contributed by atoms with E-state index in [0.29, 0.717) is 12.2 Å². The molecule has 2 atom stereocenters. The van der Waals surface area contributed by atoms with Gasteiger partial charge in [0, 0.05) is 12.7 Å². The van der Waals surface area contributed by atoms with Crippen LogP contribution < -0.4 is 5.32 Å². The predicted octanol–water partition coefficient (Wildman–Crippen LogP) is 4.46. The van der Waals surface area contributed by atoms with Gasteiger partial charge in [-0.05, 0) is 43.0 Å². The maximum atomic E-state index is 13.5. The number of ether oxygens (including phenoxy) is 1. The van der Waals surface area contributed by atoms with Gasteiger partial charge in [0.15, 0.2) is 0 Å². The summed E-state index contributed by atoms with van der Waals surface area (Å²) in [5.74, 6) is -1.12. The number of halogens is 2. The number of benzene rings is 1. The van der Waals surface area contributed by atoms with Gasteiger partial charge in [-0.1, -0.05) is 27.7 Å². The van der Waals surface area contributed by atoms with Crippen LogP contribution >= 0.6 is 0 Å². The Morgan fingerprint density at radius 2 is 1.67 bits per heavy atom. The average molecular weight is 299 g/mol. The van der Waals surface area contributed by atoms with Crippen molar-refractivity contribution in [2.75, 3.05) is 13.2 Å². The maximum absolute atomic E-state index is 13.5. The van der Waals surface area contributed by atoms with Gasteiger partial charge in [-0.3, -0.25) is 0 Å². The minimum Gasteiger partial charge on any atom is -0.376 e. The molecule has 0 fully saturated rings. The second-order valence-corrected chi connectivity index (χ2v) is 6.38. The van der Waals surface area contributed by atoms with Crippen LogP contribution in [0.25, 0.3) is 0 Å². The fourth-order valence-electron chi connectivity index (χ4n) is 2.48. The van der Waals surface area contributed by atoms with E-state index in [1.807, 2.05) is 6.92 Å². The summed E-state index contributed by atoms with van der Waals surface area (Å²) in [6, 6.07) is 3.42. The fraction of sp³-hybridized carbons (Fsp3) is 0.647. The first-order valence-corrected chi connectivity index (χ1v) is 7.60. The van der Waals surface area contributed by atoms with Crippen LogP contribution in [0.5, 0.6) is 0 Å². The molecule has 0 aliphatic carbocycles. The lowest BCUT2D eigenvalue weighted by atomic mass is 9.81. The molecule has 21 heavy (non-hydrogen) atoms. The van der Waals surface area contributed by atoms with E-state index in [0.717, 1.165) is 19.0 Å². The Labute approximate surface area is 126 Å². The normalized spacial score (nSPS) is 15.0. The summed E-state index contributed by atoms with van der Waals surface area (Å²) >= 11 is 0. The quantitative estimate of drug-likeness (QED) is 0.803. The number of rotatable bonds is 7. The molecule has 0 amide bonds. The highest BCUT2D eigenvalue weighted by atomic mass is 19.1. The van der Waals surface area contributed by atoms with E-state index in [1.54, 1.807) is 0 Å². The summed E-state index contributed by atoms with van der Waals surface area (Å²) in [5.41, 5.74) is 0.443. The van der Waals surface area contributed by atoms with Gasteiger partial charge in [0.05, 0.1) is 12.1 Å². The summed E-state index contributed by atoms with van der Waals surface area (Å²) in [6.45, 7) is 11.5. The molecule has 0 aliphatic heterocycles. The summed E-state index contributed by atoms with van der Waals surface area (Å²) in [4.78, 5) is 0. The first kappa shape index (κ1) is 18.1. The maximum Gasteiger partial charge on any atom is 0.126 e. The van der Waals surface area contributed by atoms with Crippen molar-refractivity contribution in [1.29, 1.82) is 0 Å². The fourth-order valence-corrected chi connectivity index (χ4v) is 2.48. The van der Waals surface area contributed by atoms with Crippen molar-refractivity contribution < 1.29 is 13.5 Å². The van der Waals surface area contributed by atoms with Crippen molar-refractivity contribution in [3.63, 3.8) is 0 Å². The Morgan fingerprint density at radius 1 is 1.10 bits per heavy atom. The van der Waals surface area contributed by atoms with E-state index in [1.165, 1.54) is 12.1 Å². The molecular weight excluding hydrogens is 272 g/mol. The Kier molecular flexibility index (Phi) is 6.75. The zero-order chi connectivity index (χ0) is 16.0. The van der Waals surface area contributed by atoms with Crippen molar-refractivity contribution in [2.45, 2.75) is 53.2 Å². The van der Waals surface area contributed by atoms with Crippen molar-refractivity contribution in [1.82, 2.24) is 5.32 Å². The molecule has 0 bridgehead atoms. The zero-order valence-corrected chi connectivity index (χ0v) is 13.7. The van der Waals surface area contributed by atoms with Crippen LogP contribution in [0.4, 0.5) is 8.78 Å². The van der Waals surface area contributed by atoms with Gasteiger partial charge in [0.25, 0.3) is 0 Å². The SMILES string of the molecule is CCCNC(c1cc(F)cc(F)c1)C(OCC)C(C)(C)C. The average Bonchev–Trinajstić information content (AvgIpc) is 2.35. The summed E-state index contributed by atoms with van der Waals surface area (Å²) < 4.78 is 33.0. The molecule has 0 heterocycles. The minimum absolute atomic E-state index is 0.149. The first-order valence-electron chi connectivity index (χ1n) is 7.60. The van der Waals surface area contributed by atoms with Crippen LogP contribution in [0.3, 0.4) is 0 Å². The predicted molar refractivity (Wildman–Crippen MR) is 82.3 cm³/mol. The Bertz CT molecular complexity index is 423. The monoisotopic (exact) mass is 299 g/mol. The highest BCUT2D eigenvalue weighted by molar-refractivity contribution is 5.23. The molecule has 120 valence electrons. The zero-order valence-electron chi connectivity index (χ0n) is 13.7. The van der Waals surface area contributed by atoms with Gasteiger partial charge >= 0.3 is 0 Å². The van der Waals surface area contributed by atoms with Gasteiger partial charge < -0.3 is 10.1 Å². The molecule has 1 aromatic rings. The molecular formula is C17H27F2NO. The molecule has 0 saturated heterocycles. The van der Waals surface area contributed by atoms with E-state index in [9.17, 15) is 8.78 Å². The van der Waals surface area contributed by atoms with Crippen molar-refractivity contribution in [2.24, 2.45) is 5.41 Å². The third-order valence-electron chi connectivity index (χ3n) is 3.36. The Balaban J connectivity index is 3.18. The number of hydrogen-bond donors (Lipinski definition) is 1. The Hall–Kier alpha value is -1.00. The lowest BCUT2D eigenvalue weighted by Gasteiger charge is -2.37. The number of nitrogens with one attached hydrogen (secondary N) is 1. The van der Waals surface area contributed by atoms with Crippen molar-refractivity contribution in [3.8, 4) is 0 Å². The van der Waals surface area contributed by atoms with Crippen molar-refractivity contribution >= 4 is 0 Å². The molecule has 2 nitrogen and oxygen atoms in total. The van der Waals surface area contributed by atoms with Crippen molar-refractivity contribution in [3.05, 3.63) is 35.4 Å². The molecule has 0 spiro atoms. The van der Waals surface area contributed by atoms with Crippen LogP contribution in [0.15, 0.2) is 18.2 Å². The first-order chi connectivity index (χ1) is 9.79. The molecule has 0 radical (unpaired) electrons. The van der Waals surface area contributed by atoms with Gasteiger partial charge in [-0.25, -0.2) is 8.78 Å². The number of hydrogen-bond acceptors (Lipinski definition) is 2. The second kappa shape index (κ2) is 7.85. The van der Waals surface area contributed by atoms with Crippen LogP contribution in [0.2, 0.25) is 0 Å². The van der Waals surface area contributed by atoms with Gasteiger partial charge in [-0.2, -0.15) is 0 Å². The molecule has 0 aliphatic rings. The summed E-state index contributed by atoms with van der Waals surface area (Å²) in [7, 11) is 0. The molecule has 0 aromatic heterocycles. The summed E-state index contributed by atoms with van der Waals surface area (Å²) in [6.07, 6.45) is 0.771. The van der Waals surface area contributed by atoms with E-state index in [2.05, 4.69) is 33.0 Å². The molecule has 1 rings (SSSR count). The van der Waals surface area contributed by atoms with E-state index in [4.69, 9.17) is 4.74 Å². The molecule has 4 heteroatoms. The van der Waals surface area contributed by atoms with Crippen LogP contribution in [-0.2, 0) is 4.74 Å². The Morgan fingerprint density at radius 3 is 2.10 bits per heavy atom. The highest BCUT2D eigenvalue weighted by Crippen LogP contribution is 2.33. The summed E-state index contributed by atoms with van der Waals surface area (Å²) in [5, 5.41) is 3.37. The molecule has 1 aromatic carbocycles. The van der Waals surface area contributed by atoms with Crippen LogP contribution in [-0.4, -0.2) is 19.3 Å². The lowest BCUT2D eigenvalue weighted by molar-refractivity contribution is -0.0366. The highest BCUT2D eigenvalue weighted by Gasteiger charge is 2.34. The minimum atomic E-state index is -0.558. The molecule has 1 N–H and O–H groups in total. The molecule has 2 unspecified atom stereocenters. The second-order valence-electron chi connectivity index (χ2n) is 6.38. The lowest BCUT2D eigenvalue weighted by Crippen LogP contribution is -2.42. The smallest absolute Gasteiger partial charge is 0.126 e. The van der Waals surface area contributed by atoms with E-state index in [-0.39, 0.29) is 17.6 Å². The third kappa shape index (κ3) is 5.36. The van der Waals surface area contributed by atoms with Crippen LogP contribution in [0.1, 0.15) is 52.6 Å². The van der Waals surface area contributed by atoms with Gasteiger partial charge in [0.1, 0.15) is 11.6 Å². The standard InChI is InChI=1S/C17H27F2NO/c1-6-8-20-15(16(21-7-2)17(3,4)5)12-9-13(18)11-14(19)10-12/h9-11,15-16,20H,6-8H2,1-5H3.